The molecule has 1 atom stereocenters. The average Bonchev–Trinajstić information content (AvgIpc) is 2.72. The summed E-state index contributed by atoms with van der Waals surface area (Å²) in [6.07, 6.45) is 1.95. The molecular formula is C22H24N2O4S. The second-order valence-electron chi connectivity index (χ2n) is 6.51. The van der Waals surface area contributed by atoms with Crippen molar-refractivity contribution in [2.45, 2.75) is 19.6 Å². The molecule has 0 fully saturated rings. The van der Waals surface area contributed by atoms with Gasteiger partial charge in [0.25, 0.3) is 0 Å². The van der Waals surface area contributed by atoms with Gasteiger partial charge >= 0.3 is 12.0 Å². The molecule has 1 heterocycles. The second-order valence-corrected chi connectivity index (χ2v) is 7.50. The van der Waals surface area contributed by atoms with Crippen LogP contribution in [-0.4, -0.2) is 30.6 Å². The Balaban J connectivity index is 1.87. The molecule has 1 aliphatic rings. The molecule has 0 aliphatic carbocycles. The van der Waals surface area contributed by atoms with E-state index in [4.69, 9.17) is 9.47 Å². The first kappa shape index (κ1) is 20.8. The maximum Gasteiger partial charge on any atom is 0.338 e. The van der Waals surface area contributed by atoms with Gasteiger partial charge in [-0.3, -0.25) is 0 Å². The van der Waals surface area contributed by atoms with Gasteiger partial charge in [-0.05, 0) is 24.8 Å². The van der Waals surface area contributed by atoms with Gasteiger partial charge in [-0.2, -0.15) is 11.8 Å². The van der Waals surface area contributed by atoms with Crippen molar-refractivity contribution in [1.82, 2.24) is 10.6 Å². The van der Waals surface area contributed by atoms with Gasteiger partial charge in [0.1, 0.15) is 19.0 Å². The van der Waals surface area contributed by atoms with Crippen molar-refractivity contribution in [1.29, 1.82) is 0 Å². The third-order valence-corrected chi connectivity index (χ3v) is 5.05. The van der Waals surface area contributed by atoms with Gasteiger partial charge in [0.2, 0.25) is 0 Å². The van der Waals surface area contributed by atoms with Crippen LogP contribution in [-0.2, 0) is 16.1 Å². The van der Waals surface area contributed by atoms with Crippen molar-refractivity contribution in [2.75, 3.05) is 18.6 Å². The lowest BCUT2D eigenvalue weighted by Crippen LogP contribution is -2.45. The van der Waals surface area contributed by atoms with E-state index < -0.39 is 12.0 Å². The normalized spacial score (nSPS) is 16.1. The zero-order valence-electron chi connectivity index (χ0n) is 16.4. The number of allylic oxidation sites excluding steroid dienone is 1. The minimum atomic E-state index is -0.655. The molecule has 2 N–H and O–H groups in total. The van der Waals surface area contributed by atoms with Gasteiger partial charge in [0, 0.05) is 17.0 Å². The lowest BCUT2D eigenvalue weighted by Gasteiger charge is -2.29. The smallest absolute Gasteiger partial charge is 0.338 e. The number of ether oxygens (including phenoxy) is 2. The number of esters is 1. The zero-order valence-corrected chi connectivity index (χ0v) is 17.3. The van der Waals surface area contributed by atoms with Crippen LogP contribution in [0.2, 0.25) is 0 Å². The van der Waals surface area contributed by atoms with Gasteiger partial charge in [-0.25, -0.2) is 9.59 Å². The first-order valence-corrected chi connectivity index (χ1v) is 10.7. The molecule has 0 saturated carbocycles. The summed E-state index contributed by atoms with van der Waals surface area (Å²) in [6, 6.07) is 16.2. The number of rotatable bonds is 8. The summed E-state index contributed by atoms with van der Waals surface area (Å²) >= 11 is 1.60. The summed E-state index contributed by atoms with van der Waals surface area (Å²) in [5, 5.41) is 5.49. The van der Waals surface area contributed by atoms with Crippen LogP contribution < -0.4 is 15.4 Å². The first-order chi connectivity index (χ1) is 14.1. The maximum atomic E-state index is 12.7. The van der Waals surface area contributed by atoms with Crippen molar-refractivity contribution in [2.24, 2.45) is 0 Å². The standard InChI is InChI=1S/C22H24N2O4S/c1-15-19(21(25)27-12-13-29-2)20(24-22(26)23-15)17-10-6-7-11-18(17)28-14-16-8-4-3-5-9-16/h3-11,20H,12-14H2,1-2H3,(H2,23,24,26)/t20-/m0/s1. The summed E-state index contributed by atoms with van der Waals surface area (Å²) in [4.78, 5) is 24.9. The molecule has 2 aromatic carbocycles. The molecule has 0 spiro atoms. The molecule has 7 heteroatoms. The minimum Gasteiger partial charge on any atom is -0.489 e. The number of carbonyl (C=O) groups excluding carboxylic acids is 2. The van der Waals surface area contributed by atoms with Crippen LogP contribution in [0.5, 0.6) is 5.75 Å². The molecule has 2 aromatic rings. The summed E-state index contributed by atoms with van der Waals surface area (Å²) in [5.41, 5.74) is 2.58. The number of hydrogen-bond acceptors (Lipinski definition) is 5. The van der Waals surface area contributed by atoms with Crippen LogP contribution in [0, 0.1) is 0 Å². The topological polar surface area (TPSA) is 76.7 Å². The van der Waals surface area contributed by atoms with E-state index in [1.54, 1.807) is 18.7 Å². The number of urea groups is 1. The molecule has 6 nitrogen and oxygen atoms in total. The van der Waals surface area contributed by atoms with Gasteiger partial charge < -0.3 is 20.1 Å². The number of para-hydroxylation sites is 1. The fraction of sp³-hybridized carbons (Fsp3) is 0.273. The fourth-order valence-corrected chi connectivity index (χ4v) is 3.33. The monoisotopic (exact) mass is 412 g/mol. The van der Waals surface area contributed by atoms with Crippen LogP contribution in [0.25, 0.3) is 0 Å². The Kier molecular flexibility index (Phi) is 7.19. The Morgan fingerprint density at radius 1 is 1.10 bits per heavy atom. The largest absolute Gasteiger partial charge is 0.489 e. The highest BCUT2D eigenvalue weighted by Crippen LogP contribution is 2.34. The van der Waals surface area contributed by atoms with Crippen molar-refractivity contribution < 1.29 is 19.1 Å². The summed E-state index contributed by atoms with van der Waals surface area (Å²) in [5.74, 6) is 0.858. The Morgan fingerprint density at radius 2 is 1.83 bits per heavy atom. The molecule has 152 valence electrons. The van der Waals surface area contributed by atoms with Crippen molar-refractivity contribution in [3.63, 3.8) is 0 Å². The zero-order chi connectivity index (χ0) is 20.6. The molecule has 0 unspecified atom stereocenters. The van der Waals surface area contributed by atoms with E-state index in [-0.39, 0.29) is 6.03 Å². The summed E-state index contributed by atoms with van der Waals surface area (Å²) in [7, 11) is 0. The fourth-order valence-electron chi connectivity index (χ4n) is 3.08. The van der Waals surface area contributed by atoms with Gasteiger partial charge in [0.15, 0.2) is 0 Å². The van der Waals surface area contributed by atoms with Crippen molar-refractivity contribution in [3.8, 4) is 5.75 Å². The molecule has 1 aliphatic heterocycles. The first-order valence-electron chi connectivity index (χ1n) is 9.30. The Labute approximate surface area is 174 Å². The van der Waals surface area contributed by atoms with E-state index >= 15 is 0 Å². The molecule has 0 radical (unpaired) electrons. The summed E-state index contributed by atoms with van der Waals surface area (Å²) < 4.78 is 11.4. The van der Waals surface area contributed by atoms with Crippen LogP contribution in [0.15, 0.2) is 65.9 Å². The Hall–Kier alpha value is -2.93. The molecule has 3 rings (SSSR count). The molecule has 29 heavy (non-hydrogen) atoms. The third kappa shape index (κ3) is 5.32. The number of benzene rings is 2. The van der Waals surface area contributed by atoms with E-state index in [1.807, 2.05) is 60.9 Å². The van der Waals surface area contributed by atoms with Crippen LogP contribution >= 0.6 is 11.8 Å². The summed E-state index contributed by atoms with van der Waals surface area (Å²) in [6.45, 7) is 2.39. The Morgan fingerprint density at radius 3 is 2.59 bits per heavy atom. The van der Waals surface area contributed by atoms with Crippen molar-refractivity contribution in [3.05, 3.63) is 77.0 Å². The number of hydrogen-bond donors (Lipinski definition) is 2. The lowest BCUT2D eigenvalue weighted by molar-refractivity contribution is -0.138. The van der Waals surface area contributed by atoms with E-state index in [0.717, 1.165) is 5.56 Å². The molecule has 0 saturated heterocycles. The molecule has 0 bridgehead atoms. The van der Waals surface area contributed by atoms with Crippen LogP contribution in [0.1, 0.15) is 24.1 Å². The minimum absolute atomic E-state index is 0.309. The number of carbonyl (C=O) groups is 2. The SMILES string of the molecule is CSCCOC(=O)C1=C(C)NC(=O)N[C@H]1c1ccccc1OCc1ccccc1. The van der Waals surface area contributed by atoms with E-state index in [2.05, 4.69) is 10.6 Å². The molecule has 0 aromatic heterocycles. The molecule has 2 amide bonds. The van der Waals surface area contributed by atoms with Crippen LogP contribution in [0.3, 0.4) is 0 Å². The highest BCUT2D eigenvalue weighted by Gasteiger charge is 2.33. The number of thioether (sulfide) groups is 1. The Bertz CT molecular complexity index is 899. The third-order valence-electron chi connectivity index (χ3n) is 4.48. The van der Waals surface area contributed by atoms with E-state index in [0.29, 0.717) is 41.5 Å². The second kappa shape index (κ2) is 10.0. The maximum absolute atomic E-state index is 12.7. The predicted molar refractivity (Wildman–Crippen MR) is 114 cm³/mol. The van der Waals surface area contributed by atoms with E-state index in [9.17, 15) is 9.59 Å². The van der Waals surface area contributed by atoms with Gasteiger partial charge in [0.05, 0.1) is 11.6 Å². The van der Waals surface area contributed by atoms with E-state index in [1.165, 1.54) is 0 Å². The van der Waals surface area contributed by atoms with Gasteiger partial charge in [-0.1, -0.05) is 48.5 Å². The van der Waals surface area contributed by atoms with Crippen LogP contribution in [0.4, 0.5) is 4.79 Å². The highest BCUT2D eigenvalue weighted by atomic mass is 32.2. The van der Waals surface area contributed by atoms with Gasteiger partial charge in [-0.15, -0.1) is 0 Å². The average molecular weight is 413 g/mol. The number of nitrogens with one attached hydrogen (secondary N) is 2. The predicted octanol–water partition coefficient (Wildman–Crippen LogP) is 3.80. The lowest BCUT2D eigenvalue weighted by atomic mass is 9.95. The quantitative estimate of drug-likeness (QED) is 0.509. The molecular weight excluding hydrogens is 388 g/mol. The highest BCUT2D eigenvalue weighted by molar-refractivity contribution is 7.98. The van der Waals surface area contributed by atoms with Crippen molar-refractivity contribution >= 4 is 23.8 Å². The number of amides is 2.